The van der Waals surface area contributed by atoms with Crippen molar-refractivity contribution in [3.8, 4) is 0 Å². The van der Waals surface area contributed by atoms with Crippen LogP contribution in [0.5, 0.6) is 0 Å². The van der Waals surface area contributed by atoms with E-state index in [0.717, 1.165) is 26.1 Å². The topological polar surface area (TPSA) is 49.6 Å². The third kappa shape index (κ3) is 4.46. The molecule has 2 aliphatic heterocycles. The number of rotatable bonds is 3. The normalized spacial score (nSPS) is 26.8. The van der Waals surface area contributed by atoms with Crippen molar-refractivity contribution < 1.29 is 4.79 Å². The van der Waals surface area contributed by atoms with Crippen molar-refractivity contribution >= 4 is 5.91 Å². The lowest BCUT2D eigenvalue weighted by Crippen LogP contribution is -2.49. The van der Waals surface area contributed by atoms with Gasteiger partial charge in [-0.1, -0.05) is 25.7 Å². The SMILES string of the molecule is NCC1CCCCN1CC(=O)N1CCCCCCC1. The van der Waals surface area contributed by atoms with Crippen molar-refractivity contribution in [2.45, 2.75) is 57.4 Å². The highest BCUT2D eigenvalue weighted by molar-refractivity contribution is 5.78. The molecule has 2 rings (SSSR count). The molecule has 1 unspecified atom stereocenters. The average Bonchev–Trinajstić information content (AvgIpc) is 2.38. The summed E-state index contributed by atoms with van der Waals surface area (Å²) in [7, 11) is 0. The predicted octanol–water partition coefficient (Wildman–Crippen LogP) is 1.59. The molecule has 4 nitrogen and oxygen atoms in total. The Kier molecular flexibility index (Phi) is 6.11. The minimum Gasteiger partial charge on any atom is -0.342 e. The molecule has 0 spiro atoms. The van der Waals surface area contributed by atoms with Crippen molar-refractivity contribution in [3.05, 3.63) is 0 Å². The summed E-state index contributed by atoms with van der Waals surface area (Å²) < 4.78 is 0. The van der Waals surface area contributed by atoms with Gasteiger partial charge in [0.1, 0.15) is 0 Å². The molecule has 0 aliphatic carbocycles. The van der Waals surface area contributed by atoms with E-state index in [1.165, 1.54) is 44.9 Å². The minimum absolute atomic E-state index is 0.322. The highest BCUT2D eigenvalue weighted by Gasteiger charge is 2.25. The molecule has 2 saturated heterocycles. The van der Waals surface area contributed by atoms with Crippen LogP contribution in [0.3, 0.4) is 0 Å². The van der Waals surface area contributed by atoms with Crippen molar-refractivity contribution in [1.82, 2.24) is 9.80 Å². The molecule has 2 fully saturated rings. The van der Waals surface area contributed by atoms with Crippen LogP contribution in [0.2, 0.25) is 0 Å². The number of hydrogen-bond donors (Lipinski definition) is 1. The largest absolute Gasteiger partial charge is 0.342 e. The Hall–Kier alpha value is -0.610. The number of nitrogens with two attached hydrogens (primary N) is 1. The second-order valence-corrected chi connectivity index (χ2v) is 6.00. The Balaban J connectivity index is 1.83. The fourth-order valence-corrected chi connectivity index (χ4v) is 3.31. The zero-order valence-electron chi connectivity index (χ0n) is 12.1. The molecule has 0 aromatic carbocycles. The predicted molar refractivity (Wildman–Crippen MR) is 77.9 cm³/mol. The van der Waals surface area contributed by atoms with Gasteiger partial charge < -0.3 is 10.6 Å². The Bertz CT molecular complexity index is 275. The fourth-order valence-electron chi connectivity index (χ4n) is 3.31. The molecule has 0 bridgehead atoms. The van der Waals surface area contributed by atoms with Gasteiger partial charge in [0.2, 0.25) is 5.91 Å². The summed E-state index contributed by atoms with van der Waals surface area (Å²) in [5.41, 5.74) is 5.83. The lowest BCUT2D eigenvalue weighted by atomic mass is 10.0. The summed E-state index contributed by atoms with van der Waals surface area (Å²) in [5, 5.41) is 0. The van der Waals surface area contributed by atoms with Gasteiger partial charge in [-0.25, -0.2) is 0 Å². The van der Waals surface area contributed by atoms with Crippen LogP contribution in [0, 0.1) is 0 Å². The van der Waals surface area contributed by atoms with Crippen LogP contribution in [0.25, 0.3) is 0 Å². The van der Waals surface area contributed by atoms with Crippen LogP contribution < -0.4 is 5.73 Å². The lowest BCUT2D eigenvalue weighted by Gasteiger charge is -2.36. The first-order valence-corrected chi connectivity index (χ1v) is 8.03. The van der Waals surface area contributed by atoms with Gasteiger partial charge in [0, 0.05) is 25.7 Å². The molecular formula is C15H29N3O. The van der Waals surface area contributed by atoms with Crippen LogP contribution in [-0.4, -0.2) is 54.5 Å². The van der Waals surface area contributed by atoms with Crippen molar-refractivity contribution in [2.24, 2.45) is 5.73 Å². The molecule has 2 heterocycles. The smallest absolute Gasteiger partial charge is 0.236 e. The summed E-state index contributed by atoms with van der Waals surface area (Å²) in [6.45, 7) is 4.23. The third-order valence-corrected chi connectivity index (χ3v) is 4.57. The Morgan fingerprint density at radius 3 is 2.26 bits per heavy atom. The van der Waals surface area contributed by atoms with E-state index in [9.17, 15) is 4.79 Å². The maximum atomic E-state index is 12.4. The number of amides is 1. The van der Waals surface area contributed by atoms with E-state index < -0.39 is 0 Å². The molecule has 0 aromatic rings. The van der Waals surface area contributed by atoms with Gasteiger partial charge >= 0.3 is 0 Å². The summed E-state index contributed by atoms with van der Waals surface area (Å²) in [6, 6.07) is 0.424. The summed E-state index contributed by atoms with van der Waals surface area (Å²) in [5.74, 6) is 0.322. The van der Waals surface area contributed by atoms with Gasteiger partial charge in [-0.05, 0) is 32.2 Å². The van der Waals surface area contributed by atoms with E-state index in [0.29, 0.717) is 25.0 Å². The number of hydrogen-bond acceptors (Lipinski definition) is 3. The van der Waals surface area contributed by atoms with Gasteiger partial charge in [0.15, 0.2) is 0 Å². The number of likely N-dealkylation sites (tertiary alicyclic amines) is 2. The zero-order chi connectivity index (χ0) is 13.5. The number of carbonyl (C=O) groups excluding carboxylic acids is 1. The molecule has 2 N–H and O–H groups in total. The van der Waals surface area contributed by atoms with E-state index >= 15 is 0 Å². The van der Waals surface area contributed by atoms with Gasteiger partial charge in [-0.15, -0.1) is 0 Å². The second kappa shape index (κ2) is 7.85. The first-order valence-electron chi connectivity index (χ1n) is 8.03. The van der Waals surface area contributed by atoms with Crippen LogP contribution in [-0.2, 0) is 4.79 Å². The molecule has 0 saturated carbocycles. The van der Waals surface area contributed by atoms with Gasteiger partial charge in [0.25, 0.3) is 0 Å². The van der Waals surface area contributed by atoms with Crippen molar-refractivity contribution in [1.29, 1.82) is 0 Å². The van der Waals surface area contributed by atoms with Crippen LogP contribution in [0.1, 0.15) is 51.4 Å². The molecule has 19 heavy (non-hydrogen) atoms. The minimum atomic E-state index is 0.322. The third-order valence-electron chi connectivity index (χ3n) is 4.57. The highest BCUT2D eigenvalue weighted by Crippen LogP contribution is 2.17. The first-order chi connectivity index (χ1) is 9.31. The number of piperidine rings is 1. The molecule has 2 aliphatic rings. The summed E-state index contributed by atoms with van der Waals surface area (Å²) in [4.78, 5) is 16.8. The van der Waals surface area contributed by atoms with Gasteiger partial charge in [-0.3, -0.25) is 9.69 Å². The first kappa shape index (κ1) is 14.8. The van der Waals surface area contributed by atoms with Crippen molar-refractivity contribution in [3.63, 3.8) is 0 Å². The van der Waals surface area contributed by atoms with E-state index in [2.05, 4.69) is 9.80 Å². The molecule has 0 radical (unpaired) electrons. The van der Waals surface area contributed by atoms with E-state index in [-0.39, 0.29) is 0 Å². The zero-order valence-corrected chi connectivity index (χ0v) is 12.1. The second-order valence-electron chi connectivity index (χ2n) is 6.00. The number of carbonyl (C=O) groups is 1. The standard InChI is InChI=1S/C15H29N3O/c16-12-14-8-4-7-11-18(14)13-15(19)17-9-5-2-1-3-6-10-17/h14H,1-13,16H2. The van der Waals surface area contributed by atoms with Crippen LogP contribution in [0.4, 0.5) is 0 Å². The Morgan fingerprint density at radius 1 is 0.947 bits per heavy atom. The lowest BCUT2D eigenvalue weighted by molar-refractivity contribution is -0.133. The highest BCUT2D eigenvalue weighted by atomic mass is 16.2. The molecule has 1 amide bonds. The van der Waals surface area contributed by atoms with E-state index in [1.807, 2.05) is 0 Å². The molecule has 1 atom stereocenters. The van der Waals surface area contributed by atoms with E-state index in [1.54, 1.807) is 0 Å². The van der Waals surface area contributed by atoms with Crippen molar-refractivity contribution in [2.75, 3.05) is 32.7 Å². The Morgan fingerprint density at radius 2 is 1.58 bits per heavy atom. The van der Waals surface area contributed by atoms with Crippen LogP contribution in [0.15, 0.2) is 0 Å². The average molecular weight is 267 g/mol. The maximum absolute atomic E-state index is 12.4. The van der Waals surface area contributed by atoms with E-state index in [4.69, 9.17) is 5.73 Å². The number of nitrogens with zero attached hydrogens (tertiary/aromatic N) is 2. The van der Waals surface area contributed by atoms with Crippen LogP contribution >= 0.6 is 0 Å². The maximum Gasteiger partial charge on any atom is 0.236 e. The Labute approximate surface area is 117 Å². The monoisotopic (exact) mass is 267 g/mol. The van der Waals surface area contributed by atoms with Gasteiger partial charge in [-0.2, -0.15) is 0 Å². The molecule has 0 aromatic heterocycles. The molecular weight excluding hydrogens is 238 g/mol. The quantitative estimate of drug-likeness (QED) is 0.845. The fraction of sp³-hybridized carbons (Fsp3) is 0.933. The summed E-state index contributed by atoms with van der Waals surface area (Å²) >= 11 is 0. The molecule has 110 valence electrons. The summed E-state index contributed by atoms with van der Waals surface area (Å²) in [6.07, 6.45) is 9.86. The molecule has 4 heteroatoms. The van der Waals surface area contributed by atoms with Gasteiger partial charge in [0.05, 0.1) is 6.54 Å².